The molecule has 187 valence electrons. The number of amidine groups is 1. The zero-order valence-electron chi connectivity index (χ0n) is 20.1. The Bertz CT molecular complexity index is 1230. The molecule has 11 heteroatoms. The normalized spacial score (nSPS) is 15.3. The van der Waals surface area contributed by atoms with Crippen LogP contribution in [0, 0.1) is 17.0 Å². The lowest BCUT2D eigenvalue weighted by atomic mass is 9.95. The van der Waals surface area contributed by atoms with Crippen LogP contribution in [0.4, 0.5) is 14.5 Å². The van der Waals surface area contributed by atoms with Crippen LogP contribution in [0.5, 0.6) is 11.5 Å². The number of aliphatic imine (C=N–C) groups is 1. The van der Waals surface area contributed by atoms with Gasteiger partial charge in [-0.15, -0.1) is 0 Å². The number of nitrogens with zero attached hydrogens (tertiary/aromatic N) is 3. The van der Waals surface area contributed by atoms with Crippen molar-refractivity contribution in [3.8, 4) is 11.5 Å². The first-order chi connectivity index (χ1) is 16.6. The van der Waals surface area contributed by atoms with Crippen LogP contribution < -0.4 is 10.1 Å². The highest BCUT2D eigenvalue weighted by Gasteiger charge is 2.25. The molecule has 0 fully saturated rings. The maximum absolute atomic E-state index is 14.9. The predicted octanol–water partition coefficient (Wildman–Crippen LogP) is 6.31. The van der Waals surface area contributed by atoms with Crippen molar-refractivity contribution in [1.29, 1.82) is 0 Å². The molecule has 1 N–H and O–H groups in total. The summed E-state index contributed by atoms with van der Waals surface area (Å²) in [5.41, 5.74) is 0.577. The Hall–Kier alpha value is -2.69. The van der Waals surface area contributed by atoms with Crippen molar-refractivity contribution in [3.05, 3.63) is 47.2 Å². The number of halogens is 3. The van der Waals surface area contributed by atoms with E-state index in [1.54, 1.807) is 10.8 Å². The lowest BCUT2D eigenvalue weighted by molar-refractivity contribution is 0.0902. The van der Waals surface area contributed by atoms with Gasteiger partial charge in [0.2, 0.25) is 0 Å². The van der Waals surface area contributed by atoms with Crippen LogP contribution in [0.25, 0.3) is 11.0 Å². The van der Waals surface area contributed by atoms with Gasteiger partial charge in [0.1, 0.15) is 18.1 Å². The van der Waals surface area contributed by atoms with Gasteiger partial charge in [-0.3, -0.25) is 0 Å². The van der Waals surface area contributed by atoms with Crippen molar-refractivity contribution in [1.82, 2.24) is 9.55 Å². The quantitative estimate of drug-likeness (QED) is 0.278. The van der Waals surface area contributed by atoms with Crippen LogP contribution in [-0.4, -0.2) is 44.1 Å². The summed E-state index contributed by atoms with van der Waals surface area (Å²) in [6.07, 6.45) is 3.16. The van der Waals surface area contributed by atoms with E-state index in [1.165, 1.54) is 12.3 Å². The minimum atomic E-state index is -0.884. The summed E-state index contributed by atoms with van der Waals surface area (Å²) in [6.45, 7) is 10.4. The number of rotatable bonds is 8. The number of hydrogen-bond donors (Lipinski definition) is 1. The second-order valence-electron chi connectivity index (χ2n) is 9.52. The zero-order valence-corrected chi connectivity index (χ0v) is 21.9. The summed E-state index contributed by atoms with van der Waals surface area (Å²) in [5.74, 6) is -2.13. The van der Waals surface area contributed by atoms with E-state index < -0.39 is 17.4 Å². The lowest BCUT2D eigenvalue weighted by Gasteiger charge is -2.28. The molecule has 1 aromatic carbocycles. The Labute approximate surface area is 209 Å². The third-order valence-electron chi connectivity index (χ3n) is 5.36. The molecule has 0 amide bonds. The van der Waals surface area contributed by atoms with Gasteiger partial charge in [0.25, 0.3) is 6.02 Å². The summed E-state index contributed by atoms with van der Waals surface area (Å²) in [7, 11) is -0.375. The van der Waals surface area contributed by atoms with E-state index >= 15 is 0 Å². The summed E-state index contributed by atoms with van der Waals surface area (Å²) in [5, 5.41) is 3.60. The van der Waals surface area contributed by atoms with E-state index in [0.29, 0.717) is 35.8 Å². The smallest absolute Gasteiger partial charge is 0.289 e. The number of ether oxygens (including phenoxy) is 3. The highest BCUT2D eigenvalue weighted by molar-refractivity contribution is 6.55. The third-order valence-corrected chi connectivity index (χ3v) is 6.85. The number of fused-ring (bicyclic) bond motifs is 1. The predicted molar refractivity (Wildman–Crippen MR) is 135 cm³/mol. The number of benzene rings is 1. The van der Waals surface area contributed by atoms with Crippen molar-refractivity contribution in [2.75, 3.05) is 25.1 Å². The maximum Gasteiger partial charge on any atom is 0.289 e. The Morgan fingerprint density at radius 3 is 2.66 bits per heavy atom. The first kappa shape index (κ1) is 25.4. The molecule has 7 nitrogen and oxygen atoms in total. The summed E-state index contributed by atoms with van der Waals surface area (Å²) in [6, 6.07) is 5.01. The summed E-state index contributed by atoms with van der Waals surface area (Å²) >= 11 is 6.43. The van der Waals surface area contributed by atoms with Gasteiger partial charge in [0.15, 0.2) is 17.4 Å². The Morgan fingerprint density at radius 1 is 1.26 bits per heavy atom. The molecule has 0 unspecified atom stereocenters. The van der Waals surface area contributed by atoms with E-state index in [2.05, 4.69) is 28.4 Å². The minimum absolute atomic E-state index is 0.0865. The monoisotopic (exact) mass is 521 g/mol. The van der Waals surface area contributed by atoms with Gasteiger partial charge in [-0.2, -0.15) is 0 Å². The largest absolute Gasteiger partial charge is 0.464 e. The van der Waals surface area contributed by atoms with Crippen molar-refractivity contribution in [2.24, 2.45) is 10.4 Å². The molecule has 0 atom stereocenters. The Kier molecular flexibility index (Phi) is 7.63. The van der Waals surface area contributed by atoms with Gasteiger partial charge in [-0.25, -0.2) is 18.8 Å². The second-order valence-corrected chi connectivity index (χ2v) is 12.8. The number of aromatic nitrogens is 2. The van der Waals surface area contributed by atoms with Crippen molar-refractivity contribution in [3.63, 3.8) is 0 Å². The van der Waals surface area contributed by atoms with Crippen LogP contribution in [-0.2, 0) is 16.2 Å². The van der Waals surface area contributed by atoms with Crippen LogP contribution >= 0.6 is 11.6 Å². The average Bonchev–Trinajstić information content (AvgIpc) is 3.11. The van der Waals surface area contributed by atoms with E-state index in [-0.39, 0.29) is 38.4 Å². The summed E-state index contributed by atoms with van der Waals surface area (Å²) < 4.78 is 48.5. The molecule has 0 saturated carbocycles. The molecule has 4 rings (SSSR count). The molecule has 35 heavy (non-hydrogen) atoms. The molecule has 0 aliphatic carbocycles. The van der Waals surface area contributed by atoms with E-state index in [1.807, 2.05) is 13.8 Å². The molecule has 3 aromatic rings. The molecule has 0 bridgehead atoms. The van der Waals surface area contributed by atoms with Crippen molar-refractivity contribution >= 4 is 43.1 Å². The fourth-order valence-electron chi connectivity index (χ4n) is 3.44. The number of nitrogens with one attached hydrogen (secondary N) is 1. The van der Waals surface area contributed by atoms with Crippen LogP contribution in [0.15, 0.2) is 35.6 Å². The molecular weight excluding hydrogens is 494 g/mol. The highest BCUT2D eigenvalue weighted by atomic mass is 35.5. The first-order valence-corrected chi connectivity index (χ1v) is 14.3. The van der Waals surface area contributed by atoms with Crippen LogP contribution in [0.3, 0.4) is 0 Å². The average molecular weight is 522 g/mol. The maximum atomic E-state index is 14.9. The fourth-order valence-corrected chi connectivity index (χ4v) is 4.29. The van der Waals surface area contributed by atoms with Gasteiger partial charge in [-0.1, -0.05) is 38.5 Å². The second kappa shape index (κ2) is 10.5. The third kappa shape index (κ3) is 6.12. The Balaban J connectivity index is 1.53. The van der Waals surface area contributed by atoms with Crippen LogP contribution in [0.2, 0.25) is 24.2 Å². The number of pyridine rings is 1. The van der Waals surface area contributed by atoms with Gasteiger partial charge in [-0.05, 0) is 12.1 Å². The van der Waals surface area contributed by atoms with Gasteiger partial charge >= 0.3 is 0 Å². The van der Waals surface area contributed by atoms with Crippen molar-refractivity contribution < 1.29 is 23.0 Å². The molecule has 2 aromatic heterocycles. The first-order valence-electron chi connectivity index (χ1n) is 11.2. The molecule has 3 heterocycles. The molecule has 1 aliphatic heterocycles. The lowest BCUT2D eigenvalue weighted by Crippen LogP contribution is -2.33. The standard InChI is InChI=1S/C24H28ClF2N4O3Si/c1-24(2)12-29-23(33-13-24)30-15-9-17(26)21(18(27)10-15)34-19-5-6-28-22-20(19)16(25)11-31(22)14-32-7-8-35(3)4/h5-6,9-11H,7-8,12-14H2,1-4H3,(H,29,30). The molecule has 1 aliphatic rings. The Morgan fingerprint density at radius 2 is 2.00 bits per heavy atom. The molecule has 1 radical (unpaired) electrons. The summed E-state index contributed by atoms with van der Waals surface area (Å²) in [4.78, 5) is 8.64. The van der Waals surface area contributed by atoms with E-state index in [4.69, 9.17) is 25.8 Å². The minimum Gasteiger partial charge on any atom is -0.464 e. The number of hydrogen-bond acceptors (Lipinski definition) is 6. The van der Waals surface area contributed by atoms with Gasteiger partial charge in [0, 0.05) is 51.0 Å². The van der Waals surface area contributed by atoms with Crippen molar-refractivity contribution in [2.45, 2.75) is 39.7 Å². The topological polar surface area (TPSA) is 69.9 Å². The SMILES string of the molecule is C[Si](C)CCOCn1cc(Cl)c2c(Oc3c(F)cc(NC4=NCC(C)(C)CO4)cc3F)ccnc21. The van der Waals surface area contributed by atoms with Gasteiger partial charge in [0.05, 0.1) is 23.6 Å². The van der Waals surface area contributed by atoms with E-state index in [0.717, 1.165) is 18.2 Å². The van der Waals surface area contributed by atoms with Gasteiger partial charge < -0.3 is 24.1 Å². The van der Waals surface area contributed by atoms with E-state index in [9.17, 15) is 8.78 Å². The fraction of sp³-hybridized carbons (Fsp3) is 0.417. The molecule has 0 saturated heterocycles. The zero-order chi connectivity index (χ0) is 25.2. The number of anilines is 1. The molecule has 0 spiro atoms. The highest BCUT2D eigenvalue weighted by Crippen LogP contribution is 2.37. The molecular formula is C24H28ClF2N4O3Si. The van der Waals surface area contributed by atoms with Crippen LogP contribution in [0.1, 0.15) is 13.8 Å².